The molecule has 0 aliphatic rings. The van der Waals surface area contributed by atoms with E-state index >= 15 is 0 Å². The number of esters is 1. The molecular formula is C20H16F2N4O3. The van der Waals surface area contributed by atoms with Crippen LogP contribution in [0.3, 0.4) is 0 Å². The molecule has 2 N–H and O–H groups in total. The van der Waals surface area contributed by atoms with E-state index in [0.717, 1.165) is 12.1 Å². The second-order valence-corrected chi connectivity index (χ2v) is 6.00. The Bertz CT molecular complexity index is 1070. The fourth-order valence-electron chi connectivity index (χ4n) is 2.45. The Hall–Kier alpha value is -3.88. The van der Waals surface area contributed by atoms with Crippen LogP contribution in [0.25, 0.3) is 0 Å². The van der Waals surface area contributed by atoms with Crippen molar-refractivity contribution in [3.8, 4) is 0 Å². The minimum Gasteiger partial charge on any atom is -0.465 e. The van der Waals surface area contributed by atoms with Crippen molar-refractivity contribution in [2.75, 3.05) is 17.7 Å². The molecule has 0 saturated heterocycles. The van der Waals surface area contributed by atoms with Crippen LogP contribution in [0, 0.1) is 18.6 Å². The molecule has 0 aliphatic carbocycles. The van der Waals surface area contributed by atoms with Crippen molar-refractivity contribution in [3.63, 3.8) is 0 Å². The van der Waals surface area contributed by atoms with E-state index in [0.29, 0.717) is 16.9 Å². The van der Waals surface area contributed by atoms with Crippen LogP contribution < -0.4 is 10.6 Å². The van der Waals surface area contributed by atoms with Crippen molar-refractivity contribution in [2.45, 2.75) is 6.92 Å². The summed E-state index contributed by atoms with van der Waals surface area (Å²) in [5, 5.41) is 5.40. The number of aryl methyl sites for hydroxylation is 1. The quantitative estimate of drug-likeness (QED) is 0.635. The van der Waals surface area contributed by atoms with Gasteiger partial charge >= 0.3 is 5.97 Å². The largest absolute Gasteiger partial charge is 0.465 e. The zero-order valence-electron chi connectivity index (χ0n) is 15.5. The molecule has 9 heteroatoms. The van der Waals surface area contributed by atoms with Crippen molar-refractivity contribution < 1.29 is 23.1 Å². The molecule has 1 amide bonds. The van der Waals surface area contributed by atoms with Gasteiger partial charge in [-0.05, 0) is 49.4 Å². The van der Waals surface area contributed by atoms with Gasteiger partial charge in [-0.25, -0.2) is 23.5 Å². The minimum absolute atomic E-state index is 0.0576. The van der Waals surface area contributed by atoms with Gasteiger partial charge in [0.25, 0.3) is 5.91 Å². The number of hydrogen-bond donors (Lipinski definition) is 2. The summed E-state index contributed by atoms with van der Waals surface area (Å²) in [5.41, 5.74) is 1.60. The second kappa shape index (κ2) is 8.42. The molecule has 7 nitrogen and oxygen atoms in total. The molecule has 3 aromatic rings. The average molecular weight is 398 g/mol. The standard InChI is InChI=1S/C20H16F2N4O3/c1-11-9-17(18(27)24-13-5-3-12(4-6-13)19(28)29-2)26-20(23-11)25-14-7-8-15(21)16(22)10-14/h3-10H,1-2H3,(H,24,27)(H,23,25,26). The molecule has 2 aromatic carbocycles. The zero-order valence-corrected chi connectivity index (χ0v) is 15.5. The van der Waals surface area contributed by atoms with Gasteiger partial charge in [0.05, 0.1) is 12.7 Å². The topological polar surface area (TPSA) is 93.2 Å². The normalized spacial score (nSPS) is 10.3. The predicted octanol–water partition coefficient (Wildman–Crippen LogP) is 3.85. The fourth-order valence-corrected chi connectivity index (χ4v) is 2.45. The monoisotopic (exact) mass is 398 g/mol. The first-order chi connectivity index (χ1) is 13.9. The summed E-state index contributed by atoms with van der Waals surface area (Å²) in [6.07, 6.45) is 0. The molecule has 0 spiro atoms. The van der Waals surface area contributed by atoms with Crippen LogP contribution in [0.2, 0.25) is 0 Å². The molecule has 0 radical (unpaired) electrons. The Balaban J connectivity index is 1.77. The Morgan fingerprint density at radius 1 is 0.931 bits per heavy atom. The number of carbonyl (C=O) groups excluding carboxylic acids is 2. The predicted molar refractivity (Wildman–Crippen MR) is 102 cm³/mol. The van der Waals surface area contributed by atoms with E-state index in [-0.39, 0.29) is 17.3 Å². The molecule has 0 fully saturated rings. The van der Waals surface area contributed by atoms with E-state index in [1.807, 2.05) is 0 Å². The lowest BCUT2D eigenvalue weighted by Crippen LogP contribution is -2.15. The van der Waals surface area contributed by atoms with E-state index < -0.39 is 23.5 Å². The lowest BCUT2D eigenvalue weighted by molar-refractivity contribution is 0.0600. The van der Waals surface area contributed by atoms with E-state index in [4.69, 9.17) is 0 Å². The molecule has 0 atom stereocenters. The Kier molecular flexibility index (Phi) is 5.77. The number of amides is 1. The van der Waals surface area contributed by atoms with Crippen molar-refractivity contribution in [1.82, 2.24) is 9.97 Å². The van der Waals surface area contributed by atoms with E-state index in [2.05, 4.69) is 25.3 Å². The molecule has 0 aliphatic heterocycles. The number of aromatic nitrogens is 2. The van der Waals surface area contributed by atoms with Crippen LogP contribution in [0.5, 0.6) is 0 Å². The third-order valence-electron chi connectivity index (χ3n) is 3.83. The summed E-state index contributed by atoms with van der Waals surface area (Å²) in [7, 11) is 1.28. The van der Waals surface area contributed by atoms with E-state index in [1.54, 1.807) is 19.1 Å². The first-order valence-electron chi connectivity index (χ1n) is 8.43. The van der Waals surface area contributed by atoms with Gasteiger partial charge in [-0.1, -0.05) is 0 Å². The maximum absolute atomic E-state index is 13.4. The highest BCUT2D eigenvalue weighted by Crippen LogP contribution is 2.18. The molecule has 148 valence electrons. The number of halogens is 2. The summed E-state index contributed by atoms with van der Waals surface area (Å²) in [4.78, 5) is 32.2. The molecule has 1 aromatic heterocycles. The van der Waals surface area contributed by atoms with Crippen LogP contribution in [-0.4, -0.2) is 29.0 Å². The Labute approximate surface area is 164 Å². The molecular weight excluding hydrogens is 382 g/mol. The van der Waals surface area contributed by atoms with Gasteiger partial charge in [-0.15, -0.1) is 0 Å². The number of nitrogens with one attached hydrogen (secondary N) is 2. The third kappa shape index (κ3) is 4.89. The van der Waals surface area contributed by atoms with Crippen molar-refractivity contribution >= 4 is 29.2 Å². The van der Waals surface area contributed by atoms with Crippen LogP contribution in [-0.2, 0) is 4.74 Å². The lowest BCUT2D eigenvalue weighted by atomic mass is 10.2. The van der Waals surface area contributed by atoms with Crippen LogP contribution in [0.1, 0.15) is 26.5 Å². The Morgan fingerprint density at radius 3 is 2.28 bits per heavy atom. The lowest BCUT2D eigenvalue weighted by Gasteiger charge is -2.09. The van der Waals surface area contributed by atoms with Crippen LogP contribution in [0.15, 0.2) is 48.5 Å². The highest BCUT2D eigenvalue weighted by Gasteiger charge is 2.13. The van der Waals surface area contributed by atoms with Crippen molar-refractivity contribution in [3.05, 3.63) is 77.1 Å². The average Bonchev–Trinajstić information content (AvgIpc) is 2.70. The fraction of sp³-hybridized carbons (Fsp3) is 0.100. The van der Waals surface area contributed by atoms with Crippen LogP contribution in [0.4, 0.5) is 26.1 Å². The number of carbonyl (C=O) groups is 2. The van der Waals surface area contributed by atoms with Crippen molar-refractivity contribution in [1.29, 1.82) is 0 Å². The van der Waals surface area contributed by atoms with E-state index in [1.165, 1.54) is 31.4 Å². The van der Waals surface area contributed by atoms with Gasteiger partial charge in [0, 0.05) is 23.1 Å². The number of rotatable bonds is 5. The molecule has 1 heterocycles. The van der Waals surface area contributed by atoms with Gasteiger partial charge < -0.3 is 15.4 Å². The summed E-state index contributed by atoms with van der Waals surface area (Å²) in [5.74, 6) is -2.92. The molecule has 0 saturated carbocycles. The first kappa shape index (κ1) is 19.9. The SMILES string of the molecule is COC(=O)c1ccc(NC(=O)c2cc(C)nc(Nc3ccc(F)c(F)c3)n2)cc1. The molecule has 0 bridgehead atoms. The highest BCUT2D eigenvalue weighted by atomic mass is 19.2. The summed E-state index contributed by atoms with van der Waals surface area (Å²) in [6.45, 7) is 1.67. The van der Waals surface area contributed by atoms with Gasteiger partial charge in [-0.3, -0.25) is 4.79 Å². The van der Waals surface area contributed by atoms with Gasteiger partial charge in [0.2, 0.25) is 5.95 Å². The summed E-state index contributed by atoms with van der Waals surface area (Å²) < 4.78 is 31.0. The minimum atomic E-state index is -1.02. The highest BCUT2D eigenvalue weighted by molar-refractivity contribution is 6.03. The maximum Gasteiger partial charge on any atom is 0.337 e. The molecule has 29 heavy (non-hydrogen) atoms. The first-order valence-corrected chi connectivity index (χ1v) is 8.43. The summed E-state index contributed by atoms with van der Waals surface area (Å²) in [6, 6.07) is 10.9. The summed E-state index contributed by atoms with van der Waals surface area (Å²) >= 11 is 0. The number of benzene rings is 2. The zero-order chi connectivity index (χ0) is 21.0. The van der Waals surface area contributed by atoms with Gasteiger partial charge in [0.1, 0.15) is 5.69 Å². The number of hydrogen-bond acceptors (Lipinski definition) is 6. The van der Waals surface area contributed by atoms with Gasteiger partial charge in [-0.2, -0.15) is 0 Å². The second-order valence-electron chi connectivity index (χ2n) is 6.00. The van der Waals surface area contributed by atoms with Crippen molar-refractivity contribution in [2.24, 2.45) is 0 Å². The molecule has 0 unspecified atom stereocenters. The number of methoxy groups -OCH3 is 1. The maximum atomic E-state index is 13.4. The smallest absolute Gasteiger partial charge is 0.337 e. The number of ether oxygens (including phenoxy) is 1. The number of nitrogens with zero attached hydrogens (tertiary/aromatic N) is 2. The van der Waals surface area contributed by atoms with Crippen LogP contribution >= 0.6 is 0 Å². The molecule has 3 rings (SSSR count). The van der Waals surface area contributed by atoms with E-state index in [9.17, 15) is 18.4 Å². The third-order valence-corrected chi connectivity index (χ3v) is 3.83. The Morgan fingerprint density at radius 2 is 1.62 bits per heavy atom. The van der Waals surface area contributed by atoms with Gasteiger partial charge in [0.15, 0.2) is 11.6 Å². The number of anilines is 3.